The van der Waals surface area contributed by atoms with Crippen LogP contribution in [0.5, 0.6) is 0 Å². The third-order valence-corrected chi connectivity index (χ3v) is 5.00. The van der Waals surface area contributed by atoms with E-state index in [0.717, 1.165) is 27.5 Å². The molecular formula is C19H20N2S. The first-order chi connectivity index (χ1) is 10.5. The molecule has 0 N–H and O–H groups in total. The summed E-state index contributed by atoms with van der Waals surface area (Å²) in [6.07, 6.45) is 0. The van der Waals surface area contributed by atoms with E-state index in [9.17, 15) is 0 Å². The molecule has 1 heterocycles. The van der Waals surface area contributed by atoms with E-state index in [2.05, 4.69) is 69.1 Å². The van der Waals surface area contributed by atoms with Crippen LogP contribution in [0.2, 0.25) is 0 Å². The summed E-state index contributed by atoms with van der Waals surface area (Å²) < 4.78 is 0. The average Bonchev–Trinajstić information content (AvgIpc) is 2.48. The Hall–Kier alpha value is -1.87. The van der Waals surface area contributed by atoms with Crippen molar-refractivity contribution < 1.29 is 0 Å². The molecule has 0 fully saturated rings. The summed E-state index contributed by atoms with van der Waals surface area (Å²) in [5.41, 5.74) is 7.33. The SMILES string of the molecule is Cc1cc2nc(SCc3ccccc3C)nc(C)c2cc1C. The van der Waals surface area contributed by atoms with E-state index in [1.165, 1.54) is 22.3 Å². The van der Waals surface area contributed by atoms with E-state index in [1.807, 2.05) is 0 Å². The van der Waals surface area contributed by atoms with Gasteiger partial charge in [-0.25, -0.2) is 9.97 Å². The second-order valence-electron chi connectivity index (χ2n) is 5.76. The lowest BCUT2D eigenvalue weighted by Crippen LogP contribution is -1.95. The molecule has 3 aromatic rings. The molecule has 1 aromatic heterocycles. The number of nitrogens with zero attached hydrogens (tertiary/aromatic N) is 2. The first-order valence-electron chi connectivity index (χ1n) is 7.47. The third-order valence-electron chi connectivity index (χ3n) is 4.10. The van der Waals surface area contributed by atoms with Crippen molar-refractivity contribution in [3.63, 3.8) is 0 Å². The van der Waals surface area contributed by atoms with Gasteiger partial charge in [0.2, 0.25) is 0 Å². The van der Waals surface area contributed by atoms with Crippen molar-refractivity contribution in [2.24, 2.45) is 0 Å². The van der Waals surface area contributed by atoms with E-state index in [-0.39, 0.29) is 0 Å². The van der Waals surface area contributed by atoms with Gasteiger partial charge in [0.15, 0.2) is 5.16 Å². The molecule has 0 aliphatic heterocycles. The van der Waals surface area contributed by atoms with Gasteiger partial charge in [0.25, 0.3) is 0 Å². The zero-order valence-electron chi connectivity index (χ0n) is 13.5. The molecule has 0 radical (unpaired) electrons. The standard InChI is InChI=1S/C19H20N2S/c1-12-7-5-6-8-16(12)11-22-19-20-15(4)17-9-13(2)14(3)10-18(17)21-19/h5-10H,11H2,1-4H3. The van der Waals surface area contributed by atoms with Gasteiger partial charge in [-0.05, 0) is 62.1 Å². The highest BCUT2D eigenvalue weighted by atomic mass is 32.2. The normalized spacial score (nSPS) is 11.1. The maximum absolute atomic E-state index is 4.73. The molecule has 3 rings (SSSR count). The Balaban J connectivity index is 1.92. The highest BCUT2D eigenvalue weighted by Crippen LogP contribution is 2.26. The van der Waals surface area contributed by atoms with E-state index < -0.39 is 0 Å². The zero-order valence-corrected chi connectivity index (χ0v) is 14.3. The minimum Gasteiger partial charge on any atom is -0.227 e. The molecule has 2 aromatic carbocycles. The van der Waals surface area contributed by atoms with E-state index in [4.69, 9.17) is 4.98 Å². The van der Waals surface area contributed by atoms with Crippen molar-refractivity contribution in [3.05, 3.63) is 64.3 Å². The minimum atomic E-state index is 0.858. The molecule has 0 atom stereocenters. The summed E-state index contributed by atoms with van der Waals surface area (Å²) in [5, 5.41) is 2.01. The van der Waals surface area contributed by atoms with Crippen LogP contribution in [-0.4, -0.2) is 9.97 Å². The van der Waals surface area contributed by atoms with Crippen molar-refractivity contribution >= 4 is 22.7 Å². The van der Waals surface area contributed by atoms with Crippen LogP contribution in [0.1, 0.15) is 27.9 Å². The van der Waals surface area contributed by atoms with Crippen LogP contribution in [0.25, 0.3) is 10.9 Å². The Labute approximate surface area is 136 Å². The molecular weight excluding hydrogens is 288 g/mol. The van der Waals surface area contributed by atoms with Crippen LogP contribution in [0.15, 0.2) is 41.6 Å². The third kappa shape index (κ3) is 3.00. The molecule has 0 aliphatic rings. The number of hydrogen-bond donors (Lipinski definition) is 0. The van der Waals surface area contributed by atoms with Gasteiger partial charge >= 0.3 is 0 Å². The van der Waals surface area contributed by atoms with Crippen molar-refractivity contribution in [1.82, 2.24) is 9.97 Å². The summed E-state index contributed by atoms with van der Waals surface area (Å²) in [7, 11) is 0. The van der Waals surface area contributed by atoms with Crippen LogP contribution in [0, 0.1) is 27.7 Å². The van der Waals surface area contributed by atoms with E-state index in [1.54, 1.807) is 11.8 Å². The van der Waals surface area contributed by atoms with Gasteiger partial charge in [-0.2, -0.15) is 0 Å². The van der Waals surface area contributed by atoms with Gasteiger partial charge in [-0.3, -0.25) is 0 Å². The second-order valence-corrected chi connectivity index (χ2v) is 6.70. The number of fused-ring (bicyclic) bond motifs is 1. The molecule has 2 nitrogen and oxygen atoms in total. The van der Waals surface area contributed by atoms with Crippen LogP contribution in [-0.2, 0) is 5.75 Å². The Morgan fingerprint density at radius 1 is 0.864 bits per heavy atom. The smallest absolute Gasteiger partial charge is 0.188 e. The number of rotatable bonds is 3. The van der Waals surface area contributed by atoms with E-state index >= 15 is 0 Å². The Morgan fingerprint density at radius 3 is 2.36 bits per heavy atom. The molecule has 22 heavy (non-hydrogen) atoms. The first-order valence-corrected chi connectivity index (χ1v) is 8.46. The summed E-state index contributed by atoms with van der Waals surface area (Å²) in [6, 6.07) is 12.8. The quantitative estimate of drug-likeness (QED) is 0.494. The van der Waals surface area contributed by atoms with Crippen LogP contribution in [0.4, 0.5) is 0 Å². The monoisotopic (exact) mass is 308 g/mol. The molecule has 0 saturated carbocycles. The lowest BCUT2D eigenvalue weighted by atomic mass is 10.1. The van der Waals surface area contributed by atoms with Crippen LogP contribution < -0.4 is 0 Å². The maximum Gasteiger partial charge on any atom is 0.188 e. The van der Waals surface area contributed by atoms with Gasteiger partial charge in [0, 0.05) is 16.8 Å². The second kappa shape index (κ2) is 6.09. The van der Waals surface area contributed by atoms with Gasteiger partial charge in [-0.1, -0.05) is 36.0 Å². The van der Waals surface area contributed by atoms with Crippen molar-refractivity contribution in [2.75, 3.05) is 0 Å². The topological polar surface area (TPSA) is 25.8 Å². The lowest BCUT2D eigenvalue weighted by Gasteiger charge is -2.09. The summed E-state index contributed by atoms with van der Waals surface area (Å²) in [6.45, 7) is 8.48. The number of thioether (sulfide) groups is 1. The van der Waals surface area contributed by atoms with Gasteiger partial charge in [0.05, 0.1) is 5.52 Å². The molecule has 0 spiro atoms. The molecule has 112 valence electrons. The maximum atomic E-state index is 4.73. The molecule has 0 aliphatic carbocycles. The summed E-state index contributed by atoms with van der Waals surface area (Å²) >= 11 is 1.70. The van der Waals surface area contributed by atoms with Crippen molar-refractivity contribution in [2.45, 2.75) is 38.6 Å². The number of aryl methyl sites for hydroxylation is 4. The fourth-order valence-electron chi connectivity index (χ4n) is 2.49. The highest BCUT2D eigenvalue weighted by molar-refractivity contribution is 7.98. The fourth-order valence-corrected chi connectivity index (χ4v) is 3.47. The first kappa shape index (κ1) is 15.0. The number of benzene rings is 2. The van der Waals surface area contributed by atoms with Crippen molar-refractivity contribution in [3.8, 4) is 0 Å². The Kier molecular flexibility index (Phi) is 4.16. The van der Waals surface area contributed by atoms with Gasteiger partial charge in [-0.15, -0.1) is 0 Å². The highest BCUT2D eigenvalue weighted by Gasteiger charge is 2.08. The molecule has 3 heteroatoms. The van der Waals surface area contributed by atoms with E-state index in [0.29, 0.717) is 0 Å². The van der Waals surface area contributed by atoms with Gasteiger partial charge in [0.1, 0.15) is 0 Å². The predicted molar refractivity (Wildman–Crippen MR) is 94.5 cm³/mol. The minimum absolute atomic E-state index is 0.858. The largest absolute Gasteiger partial charge is 0.227 e. The summed E-state index contributed by atoms with van der Waals surface area (Å²) in [5.74, 6) is 0.905. The molecule has 0 saturated heterocycles. The number of hydrogen-bond acceptors (Lipinski definition) is 3. The number of aromatic nitrogens is 2. The fraction of sp³-hybridized carbons (Fsp3) is 0.263. The Bertz CT molecular complexity index is 840. The zero-order chi connectivity index (χ0) is 15.7. The van der Waals surface area contributed by atoms with Gasteiger partial charge < -0.3 is 0 Å². The molecule has 0 unspecified atom stereocenters. The molecule has 0 amide bonds. The Morgan fingerprint density at radius 2 is 1.59 bits per heavy atom. The molecule has 0 bridgehead atoms. The average molecular weight is 308 g/mol. The van der Waals surface area contributed by atoms with Crippen LogP contribution >= 0.6 is 11.8 Å². The van der Waals surface area contributed by atoms with Crippen molar-refractivity contribution in [1.29, 1.82) is 0 Å². The van der Waals surface area contributed by atoms with Crippen LogP contribution in [0.3, 0.4) is 0 Å². The predicted octanol–water partition coefficient (Wildman–Crippen LogP) is 5.16. The lowest BCUT2D eigenvalue weighted by molar-refractivity contribution is 0.966. The summed E-state index contributed by atoms with van der Waals surface area (Å²) in [4.78, 5) is 9.40.